The topological polar surface area (TPSA) is 36.4 Å². The van der Waals surface area contributed by atoms with Crippen LogP contribution in [0.1, 0.15) is 55.5 Å². The fourth-order valence-corrected chi connectivity index (χ4v) is 3.86. The quantitative estimate of drug-likeness (QED) is 0.909. The molecular formula is C14H22N2OS. The van der Waals surface area contributed by atoms with E-state index in [-0.39, 0.29) is 6.61 Å². The van der Waals surface area contributed by atoms with E-state index in [1.807, 2.05) is 0 Å². The minimum absolute atomic E-state index is 0.162. The molecule has 1 N–H and O–H groups in total. The molecule has 2 aliphatic rings. The van der Waals surface area contributed by atoms with Crippen molar-refractivity contribution in [2.45, 2.75) is 51.6 Å². The monoisotopic (exact) mass is 266 g/mol. The Morgan fingerprint density at radius 2 is 2.00 bits per heavy atom. The molecule has 1 aromatic heterocycles. The molecule has 0 spiro atoms. The molecule has 0 aromatic carbocycles. The standard InChI is InChI=1S/C14H22N2OS/c1-2-10-5-7-16(8-6-10)14-15-13(11-3-4-11)12(9-17)18-14/h10-11,17H,2-9H2,1H3. The zero-order valence-electron chi connectivity index (χ0n) is 11.1. The Morgan fingerprint density at radius 3 is 2.56 bits per heavy atom. The van der Waals surface area contributed by atoms with Crippen molar-refractivity contribution in [3.63, 3.8) is 0 Å². The van der Waals surface area contributed by atoms with Gasteiger partial charge < -0.3 is 10.0 Å². The lowest BCUT2D eigenvalue weighted by Crippen LogP contribution is -2.33. The van der Waals surface area contributed by atoms with Crippen LogP contribution in [0.2, 0.25) is 0 Å². The first-order valence-corrected chi connectivity index (χ1v) is 7.98. The number of nitrogens with zero attached hydrogens (tertiary/aromatic N) is 2. The van der Waals surface area contributed by atoms with Gasteiger partial charge in [-0.2, -0.15) is 0 Å². The van der Waals surface area contributed by atoms with Crippen molar-refractivity contribution < 1.29 is 5.11 Å². The lowest BCUT2D eigenvalue weighted by Gasteiger charge is -2.31. The molecule has 0 unspecified atom stereocenters. The lowest BCUT2D eigenvalue weighted by molar-refractivity contribution is 0.284. The summed E-state index contributed by atoms with van der Waals surface area (Å²) < 4.78 is 0. The molecule has 2 fully saturated rings. The Hall–Kier alpha value is -0.610. The third-order valence-corrected chi connectivity index (χ3v) is 5.40. The van der Waals surface area contributed by atoms with E-state index in [2.05, 4.69) is 11.8 Å². The smallest absolute Gasteiger partial charge is 0.185 e. The zero-order valence-corrected chi connectivity index (χ0v) is 11.9. The van der Waals surface area contributed by atoms with Crippen molar-refractivity contribution in [3.8, 4) is 0 Å². The molecule has 2 heterocycles. The Bertz CT molecular complexity index is 406. The van der Waals surface area contributed by atoms with E-state index >= 15 is 0 Å². The van der Waals surface area contributed by atoms with E-state index < -0.39 is 0 Å². The van der Waals surface area contributed by atoms with Gasteiger partial charge in [-0.3, -0.25) is 0 Å². The minimum Gasteiger partial charge on any atom is -0.391 e. The molecule has 0 bridgehead atoms. The first-order valence-electron chi connectivity index (χ1n) is 7.17. The number of thiazole rings is 1. The summed E-state index contributed by atoms with van der Waals surface area (Å²) in [4.78, 5) is 8.32. The normalized spacial score (nSPS) is 21.6. The van der Waals surface area contributed by atoms with Crippen molar-refractivity contribution in [1.29, 1.82) is 0 Å². The predicted octanol–water partition coefficient (Wildman–Crippen LogP) is 3.14. The fourth-order valence-electron chi connectivity index (χ4n) is 2.81. The van der Waals surface area contributed by atoms with Gasteiger partial charge in [-0.25, -0.2) is 4.98 Å². The zero-order chi connectivity index (χ0) is 12.5. The summed E-state index contributed by atoms with van der Waals surface area (Å²) in [6, 6.07) is 0. The maximum Gasteiger partial charge on any atom is 0.185 e. The van der Waals surface area contributed by atoms with Crippen LogP contribution in [-0.4, -0.2) is 23.2 Å². The number of anilines is 1. The molecule has 4 heteroatoms. The van der Waals surface area contributed by atoms with E-state index in [4.69, 9.17) is 4.98 Å². The summed E-state index contributed by atoms with van der Waals surface area (Å²) in [5.74, 6) is 1.55. The van der Waals surface area contributed by atoms with Gasteiger partial charge in [-0.05, 0) is 31.6 Å². The molecule has 1 aliphatic heterocycles. The third-order valence-electron chi connectivity index (χ3n) is 4.29. The van der Waals surface area contributed by atoms with Gasteiger partial charge in [0, 0.05) is 19.0 Å². The van der Waals surface area contributed by atoms with Crippen LogP contribution in [-0.2, 0) is 6.61 Å². The summed E-state index contributed by atoms with van der Waals surface area (Å²) in [6.07, 6.45) is 6.41. The lowest BCUT2D eigenvalue weighted by atomic mass is 9.95. The average Bonchev–Trinajstić information content (AvgIpc) is 3.18. The van der Waals surface area contributed by atoms with Crippen LogP contribution >= 0.6 is 11.3 Å². The van der Waals surface area contributed by atoms with Crippen LogP contribution in [0.5, 0.6) is 0 Å². The molecule has 18 heavy (non-hydrogen) atoms. The Morgan fingerprint density at radius 1 is 1.28 bits per heavy atom. The number of piperidine rings is 1. The van der Waals surface area contributed by atoms with Crippen molar-refractivity contribution in [3.05, 3.63) is 10.6 Å². The van der Waals surface area contributed by atoms with Crippen molar-refractivity contribution in [2.75, 3.05) is 18.0 Å². The summed E-state index contributed by atoms with van der Waals surface area (Å²) in [6.45, 7) is 4.73. The second kappa shape index (κ2) is 5.17. The van der Waals surface area contributed by atoms with E-state index in [0.717, 1.165) is 29.0 Å². The molecule has 1 aromatic rings. The van der Waals surface area contributed by atoms with Crippen LogP contribution in [0.3, 0.4) is 0 Å². The second-order valence-corrected chi connectivity index (χ2v) is 6.64. The predicted molar refractivity (Wildman–Crippen MR) is 75.2 cm³/mol. The number of aliphatic hydroxyl groups is 1. The first-order chi connectivity index (χ1) is 8.81. The molecule has 1 saturated carbocycles. The van der Waals surface area contributed by atoms with Gasteiger partial charge in [0.25, 0.3) is 0 Å². The molecule has 3 rings (SSSR count). The van der Waals surface area contributed by atoms with Gasteiger partial charge in [-0.1, -0.05) is 24.7 Å². The van der Waals surface area contributed by atoms with Gasteiger partial charge in [-0.15, -0.1) is 0 Å². The molecular weight excluding hydrogens is 244 g/mol. The molecule has 100 valence electrons. The number of aromatic nitrogens is 1. The van der Waals surface area contributed by atoms with Crippen molar-refractivity contribution in [2.24, 2.45) is 5.92 Å². The van der Waals surface area contributed by atoms with E-state index in [1.165, 1.54) is 37.8 Å². The van der Waals surface area contributed by atoms with Crippen molar-refractivity contribution >= 4 is 16.5 Å². The molecule has 0 amide bonds. The number of hydrogen-bond donors (Lipinski definition) is 1. The number of hydrogen-bond acceptors (Lipinski definition) is 4. The van der Waals surface area contributed by atoms with Gasteiger partial charge in [0.05, 0.1) is 17.2 Å². The Kier molecular flexibility index (Phi) is 3.57. The average molecular weight is 266 g/mol. The van der Waals surface area contributed by atoms with Crippen LogP contribution in [0, 0.1) is 5.92 Å². The van der Waals surface area contributed by atoms with Gasteiger partial charge in [0.1, 0.15) is 0 Å². The van der Waals surface area contributed by atoms with Crippen LogP contribution in [0.4, 0.5) is 5.13 Å². The SMILES string of the molecule is CCC1CCN(c2nc(C3CC3)c(CO)s2)CC1. The highest BCUT2D eigenvalue weighted by Gasteiger charge is 2.30. The third kappa shape index (κ3) is 2.41. The Balaban J connectivity index is 1.72. The largest absolute Gasteiger partial charge is 0.391 e. The minimum atomic E-state index is 0.162. The summed E-state index contributed by atoms with van der Waals surface area (Å²) in [7, 11) is 0. The van der Waals surface area contributed by atoms with Crippen LogP contribution in [0.15, 0.2) is 0 Å². The highest BCUT2D eigenvalue weighted by molar-refractivity contribution is 7.15. The van der Waals surface area contributed by atoms with E-state index in [9.17, 15) is 5.11 Å². The summed E-state index contributed by atoms with van der Waals surface area (Å²) in [5, 5.41) is 10.6. The number of rotatable bonds is 4. The highest BCUT2D eigenvalue weighted by Crippen LogP contribution is 2.44. The maximum absolute atomic E-state index is 9.44. The first kappa shape index (κ1) is 12.4. The second-order valence-electron chi connectivity index (χ2n) is 5.58. The van der Waals surface area contributed by atoms with Crippen LogP contribution in [0.25, 0.3) is 0 Å². The van der Waals surface area contributed by atoms with E-state index in [0.29, 0.717) is 5.92 Å². The Labute approximate surface area is 113 Å². The molecule has 1 saturated heterocycles. The fraction of sp³-hybridized carbons (Fsp3) is 0.786. The molecule has 3 nitrogen and oxygen atoms in total. The summed E-state index contributed by atoms with van der Waals surface area (Å²) >= 11 is 1.71. The maximum atomic E-state index is 9.44. The van der Waals surface area contributed by atoms with Crippen LogP contribution < -0.4 is 4.90 Å². The number of aliphatic hydroxyl groups excluding tert-OH is 1. The van der Waals surface area contributed by atoms with Gasteiger partial charge >= 0.3 is 0 Å². The van der Waals surface area contributed by atoms with Gasteiger partial charge in [0.15, 0.2) is 5.13 Å². The van der Waals surface area contributed by atoms with E-state index in [1.54, 1.807) is 11.3 Å². The molecule has 0 radical (unpaired) electrons. The highest BCUT2D eigenvalue weighted by atomic mass is 32.1. The van der Waals surface area contributed by atoms with Gasteiger partial charge in [0.2, 0.25) is 0 Å². The summed E-state index contributed by atoms with van der Waals surface area (Å²) in [5.41, 5.74) is 1.19. The molecule has 0 atom stereocenters. The van der Waals surface area contributed by atoms with Crippen molar-refractivity contribution in [1.82, 2.24) is 4.98 Å². The molecule has 1 aliphatic carbocycles.